The average molecular weight is 1030 g/mol. The van der Waals surface area contributed by atoms with Crippen LogP contribution >= 0.6 is 0 Å². The van der Waals surface area contributed by atoms with Crippen molar-refractivity contribution in [2.24, 2.45) is 5.92 Å². The minimum Gasteiger partial charge on any atom is -0.483 e. The third-order valence-corrected chi connectivity index (χ3v) is 17.7. The number of furan rings is 1. The molecule has 0 saturated heterocycles. The molecule has 0 saturated carbocycles. The second-order valence-electron chi connectivity index (χ2n) is 21.7. The first kappa shape index (κ1) is 45.0. The van der Waals surface area contributed by atoms with Gasteiger partial charge in [-0.2, -0.15) is 0 Å². The highest BCUT2D eigenvalue weighted by Crippen LogP contribution is 2.68. The van der Waals surface area contributed by atoms with Gasteiger partial charge >= 0.3 is 0 Å². The normalized spacial score (nSPS) is 18.4. The summed E-state index contributed by atoms with van der Waals surface area (Å²) in [5, 5.41) is 4.56. The largest absolute Gasteiger partial charge is 0.483 e. The van der Waals surface area contributed by atoms with Crippen molar-refractivity contribution in [2.75, 3.05) is 14.7 Å². The van der Waals surface area contributed by atoms with Gasteiger partial charge in [0.15, 0.2) is 5.58 Å². The van der Waals surface area contributed by atoms with Crippen LogP contribution in [-0.4, -0.2) is 6.10 Å². The third-order valence-electron chi connectivity index (χ3n) is 17.7. The third kappa shape index (κ3) is 6.28. The number of nitrogens with zero attached hydrogens (tertiary/aromatic N) is 3. The summed E-state index contributed by atoms with van der Waals surface area (Å²) >= 11 is 0. The molecule has 80 heavy (non-hydrogen) atoms. The molecule has 11 aromatic rings. The van der Waals surface area contributed by atoms with Gasteiger partial charge in [-0.1, -0.05) is 194 Å². The van der Waals surface area contributed by atoms with E-state index in [9.17, 15) is 0 Å². The summed E-state index contributed by atoms with van der Waals surface area (Å²) in [4.78, 5) is 7.45. The molecule has 6 aliphatic rings. The fourth-order valence-corrected chi connectivity index (χ4v) is 14.5. The molecule has 10 aromatic carbocycles. The second-order valence-corrected chi connectivity index (χ2v) is 21.7. The first-order chi connectivity index (χ1) is 39.7. The summed E-state index contributed by atoms with van der Waals surface area (Å²) in [6, 6.07) is 84.6. The topological polar surface area (TPSA) is 32.1 Å². The van der Waals surface area contributed by atoms with Crippen LogP contribution in [-0.2, 0) is 5.41 Å². The fraction of sp³-hybridized carbons (Fsp3) is 0.0667. The molecule has 0 N–H and O–H groups in total. The zero-order chi connectivity index (χ0) is 52.5. The Morgan fingerprint density at radius 1 is 0.500 bits per heavy atom. The van der Waals surface area contributed by atoms with Crippen molar-refractivity contribution in [1.82, 2.24) is 0 Å². The molecule has 5 nitrogen and oxygen atoms in total. The number of anilines is 8. The molecular formula is C75H51N3O2. The smallest absolute Gasteiger partial charge is 0.159 e. The van der Waals surface area contributed by atoms with Crippen molar-refractivity contribution in [2.45, 2.75) is 23.9 Å². The van der Waals surface area contributed by atoms with E-state index in [1.165, 1.54) is 49.9 Å². The van der Waals surface area contributed by atoms with Gasteiger partial charge in [-0.15, -0.1) is 0 Å². The maximum absolute atomic E-state index is 7.10. The van der Waals surface area contributed by atoms with Crippen molar-refractivity contribution >= 4 is 83.8 Å². The van der Waals surface area contributed by atoms with Crippen LogP contribution in [0.5, 0.6) is 5.75 Å². The predicted molar refractivity (Wildman–Crippen MR) is 328 cm³/mol. The number of allylic oxidation sites excluding steroid dienone is 9. The first-order valence-corrected chi connectivity index (χ1v) is 27.9. The Hall–Kier alpha value is -10.1. The van der Waals surface area contributed by atoms with Crippen molar-refractivity contribution in [3.8, 4) is 5.75 Å². The molecule has 17 rings (SSSR count). The quantitative estimate of drug-likeness (QED) is 0.159. The lowest BCUT2D eigenvalue weighted by molar-refractivity contribution is 0.269. The maximum atomic E-state index is 7.10. The second kappa shape index (κ2) is 17.5. The number of ether oxygens (including phenoxy) is 1. The van der Waals surface area contributed by atoms with Crippen molar-refractivity contribution in [3.63, 3.8) is 0 Å². The number of hydrogen-bond acceptors (Lipinski definition) is 5. The molecule has 3 atom stereocenters. The van der Waals surface area contributed by atoms with Gasteiger partial charge < -0.3 is 23.9 Å². The van der Waals surface area contributed by atoms with E-state index in [-0.39, 0.29) is 17.9 Å². The molecule has 5 heteroatoms. The van der Waals surface area contributed by atoms with E-state index in [1.807, 2.05) is 0 Å². The molecular weight excluding hydrogens is 975 g/mol. The Kier molecular flexibility index (Phi) is 9.81. The molecule has 1 aromatic heterocycles. The Morgan fingerprint density at radius 3 is 1.90 bits per heavy atom. The van der Waals surface area contributed by atoms with Crippen LogP contribution in [0, 0.1) is 5.92 Å². The van der Waals surface area contributed by atoms with Gasteiger partial charge in [-0.3, -0.25) is 0 Å². The van der Waals surface area contributed by atoms with Gasteiger partial charge in [0.05, 0.1) is 39.5 Å². The molecule has 1 spiro atoms. The van der Waals surface area contributed by atoms with Crippen LogP contribution in [0.3, 0.4) is 0 Å². The van der Waals surface area contributed by atoms with Gasteiger partial charge in [-0.25, -0.2) is 0 Å². The van der Waals surface area contributed by atoms with Crippen LogP contribution in [0.15, 0.2) is 300 Å². The SMILES string of the molecule is C1=CCC2C(=C1)C(N(c1ccccc1)c1cccc3c1OC1C=CC=CC31)=CC1=C2c2c(cc(N(c3ccccc3)c3cccc4c3oc3ccccc34)c3ccccc23)C12c1ccccc1N(c1ccccc1)c1ccccc12. The zero-order valence-electron chi connectivity index (χ0n) is 43.7. The Morgan fingerprint density at radius 2 is 1.12 bits per heavy atom. The molecule has 2 aliphatic heterocycles. The van der Waals surface area contributed by atoms with Crippen molar-refractivity contribution < 1.29 is 9.15 Å². The van der Waals surface area contributed by atoms with E-state index in [0.29, 0.717) is 0 Å². The fourth-order valence-electron chi connectivity index (χ4n) is 14.5. The average Bonchev–Trinajstić information content (AvgIpc) is 3.55. The van der Waals surface area contributed by atoms with Gasteiger partial charge in [0.25, 0.3) is 0 Å². The van der Waals surface area contributed by atoms with Crippen LogP contribution in [0.4, 0.5) is 45.5 Å². The van der Waals surface area contributed by atoms with E-state index >= 15 is 0 Å². The highest BCUT2D eigenvalue weighted by molar-refractivity contribution is 6.15. The number of fused-ring (bicyclic) bond motifs is 18. The van der Waals surface area contributed by atoms with Gasteiger partial charge in [0, 0.05) is 50.6 Å². The molecule has 0 bridgehead atoms. The maximum Gasteiger partial charge on any atom is 0.159 e. The summed E-state index contributed by atoms with van der Waals surface area (Å²) in [7, 11) is 0. The first-order valence-electron chi connectivity index (χ1n) is 27.9. The van der Waals surface area contributed by atoms with Gasteiger partial charge in [0.2, 0.25) is 0 Å². The van der Waals surface area contributed by atoms with Crippen LogP contribution < -0.4 is 19.4 Å². The molecule has 0 amide bonds. The summed E-state index contributed by atoms with van der Waals surface area (Å²) < 4.78 is 14.1. The minimum absolute atomic E-state index is 0.000667. The molecule has 378 valence electrons. The van der Waals surface area contributed by atoms with Gasteiger partial charge in [0.1, 0.15) is 17.4 Å². The lowest BCUT2D eigenvalue weighted by atomic mass is 9.62. The van der Waals surface area contributed by atoms with Crippen molar-refractivity contribution in [1.29, 1.82) is 0 Å². The lowest BCUT2D eigenvalue weighted by Crippen LogP contribution is -2.38. The summed E-state index contributed by atoms with van der Waals surface area (Å²) in [5.41, 5.74) is 20.8. The molecule has 3 heterocycles. The molecule has 3 unspecified atom stereocenters. The standard InChI is InChI=1S/C75H51N3O2/c1-4-24-48(25-5-1)76-63-40-18-16-38-59(63)75(60-39-17-19-41-64(60)76)61-46-67(77(49-26-6-2-7-27-49)65-42-22-36-57-53-32-14-20-44-69(53)79-73(57)65)51-30-10-12-34-55(51)71(61)72-56-35-13-11-31-52(56)68(47-62(72)75)78(50-28-8-3-9-29-50)66-43-23-37-58-54-33-15-21-45-70(54)80-74(58)66/h1-34,36-47,54,56,70H,35H2. The summed E-state index contributed by atoms with van der Waals surface area (Å²) in [5.74, 6) is 1.07. The Labute approximate surface area is 464 Å². The predicted octanol–water partition coefficient (Wildman–Crippen LogP) is 19.3. The Balaban J connectivity index is 1.01. The lowest BCUT2D eigenvalue weighted by Gasteiger charge is -2.47. The van der Waals surface area contributed by atoms with Crippen LogP contribution in [0.1, 0.15) is 40.2 Å². The summed E-state index contributed by atoms with van der Waals surface area (Å²) in [6.07, 6.45) is 19.2. The highest BCUT2D eigenvalue weighted by atomic mass is 16.5. The van der Waals surface area contributed by atoms with E-state index < -0.39 is 5.41 Å². The molecule has 0 fully saturated rings. The van der Waals surface area contributed by atoms with E-state index in [2.05, 4.69) is 294 Å². The van der Waals surface area contributed by atoms with Crippen LogP contribution in [0.25, 0.3) is 38.3 Å². The monoisotopic (exact) mass is 1030 g/mol. The van der Waals surface area contributed by atoms with E-state index in [1.54, 1.807) is 0 Å². The van der Waals surface area contributed by atoms with Crippen molar-refractivity contribution in [3.05, 3.63) is 324 Å². The minimum atomic E-state index is -0.824. The number of para-hydroxylation sites is 8. The number of benzene rings is 10. The van der Waals surface area contributed by atoms with Gasteiger partial charge in [-0.05, 0) is 136 Å². The Bertz CT molecular complexity index is 4530. The highest BCUT2D eigenvalue weighted by Gasteiger charge is 2.56. The van der Waals surface area contributed by atoms with E-state index in [4.69, 9.17) is 9.15 Å². The molecule has 0 radical (unpaired) electrons. The number of hydrogen-bond donors (Lipinski definition) is 0. The van der Waals surface area contributed by atoms with E-state index in [0.717, 1.165) is 90.7 Å². The number of rotatable bonds is 7. The summed E-state index contributed by atoms with van der Waals surface area (Å²) in [6.45, 7) is 0. The van der Waals surface area contributed by atoms with Crippen LogP contribution in [0.2, 0.25) is 0 Å². The molecule has 4 aliphatic carbocycles. The zero-order valence-corrected chi connectivity index (χ0v) is 43.7.